The highest BCUT2D eigenvalue weighted by Gasteiger charge is 2.20. The minimum atomic E-state index is -0.995. The second-order valence-electron chi connectivity index (χ2n) is 9.65. The fraction of sp³-hybridized carbons (Fsp3) is 0.310. The van der Waals surface area contributed by atoms with E-state index in [1.54, 1.807) is 6.07 Å². The molecule has 0 saturated carbocycles. The van der Waals surface area contributed by atoms with Gasteiger partial charge in [0, 0.05) is 35.2 Å². The second kappa shape index (κ2) is 11.5. The smallest absolute Gasteiger partial charge is 0.337 e. The van der Waals surface area contributed by atoms with Crippen LogP contribution in [-0.2, 0) is 12.8 Å². The molecule has 4 N–H and O–H groups in total. The van der Waals surface area contributed by atoms with Crippen LogP contribution >= 0.6 is 0 Å². The van der Waals surface area contributed by atoms with Crippen LogP contribution in [0.1, 0.15) is 42.4 Å². The molecular formula is C29H33N3O5. The molecule has 37 heavy (non-hydrogen) atoms. The first-order chi connectivity index (χ1) is 17.7. The third kappa shape index (κ3) is 6.87. The Labute approximate surface area is 216 Å². The average Bonchev–Trinajstić information content (AvgIpc) is 3.37. The minimum Gasteiger partial charge on any atom is -0.490 e. The third-order valence-corrected chi connectivity index (χ3v) is 6.11. The van der Waals surface area contributed by atoms with E-state index in [4.69, 9.17) is 9.47 Å². The Hall–Kier alpha value is -3.88. The van der Waals surface area contributed by atoms with Crippen molar-refractivity contribution < 1.29 is 24.5 Å². The fourth-order valence-electron chi connectivity index (χ4n) is 4.19. The first-order valence-corrected chi connectivity index (χ1v) is 12.4. The fourth-order valence-corrected chi connectivity index (χ4v) is 4.19. The summed E-state index contributed by atoms with van der Waals surface area (Å²) < 4.78 is 11.7. The van der Waals surface area contributed by atoms with Crippen molar-refractivity contribution in [2.45, 2.75) is 45.3 Å². The highest BCUT2D eigenvalue weighted by molar-refractivity contribution is 5.89. The van der Waals surface area contributed by atoms with Gasteiger partial charge in [0.15, 0.2) is 0 Å². The summed E-state index contributed by atoms with van der Waals surface area (Å²) in [4.78, 5) is 18.8. The van der Waals surface area contributed by atoms with Crippen molar-refractivity contribution in [3.63, 3.8) is 0 Å². The van der Waals surface area contributed by atoms with E-state index in [0.717, 1.165) is 28.6 Å². The number of aliphatic hydroxyl groups excluding tert-OH is 1. The predicted molar refractivity (Wildman–Crippen MR) is 143 cm³/mol. The molecule has 0 amide bonds. The molecule has 2 aromatic heterocycles. The van der Waals surface area contributed by atoms with Crippen LogP contribution in [0.2, 0.25) is 0 Å². The zero-order valence-corrected chi connectivity index (χ0v) is 21.3. The molecule has 194 valence electrons. The van der Waals surface area contributed by atoms with Crippen LogP contribution in [0.5, 0.6) is 17.4 Å². The lowest BCUT2D eigenvalue weighted by atomic mass is 9.94. The van der Waals surface area contributed by atoms with Crippen molar-refractivity contribution in [3.8, 4) is 17.4 Å². The highest BCUT2D eigenvalue weighted by atomic mass is 16.5. The van der Waals surface area contributed by atoms with Gasteiger partial charge in [-0.1, -0.05) is 25.1 Å². The van der Waals surface area contributed by atoms with Crippen molar-refractivity contribution in [2.75, 3.05) is 13.2 Å². The number of hydrogen-bond donors (Lipinski definition) is 4. The summed E-state index contributed by atoms with van der Waals surface area (Å²) >= 11 is 0. The van der Waals surface area contributed by atoms with Gasteiger partial charge in [0.05, 0.1) is 11.3 Å². The van der Waals surface area contributed by atoms with Gasteiger partial charge in [0.2, 0.25) is 5.88 Å². The molecule has 0 aliphatic carbocycles. The summed E-state index contributed by atoms with van der Waals surface area (Å²) in [5.41, 5.74) is 2.53. The van der Waals surface area contributed by atoms with Gasteiger partial charge < -0.3 is 30.0 Å². The first kappa shape index (κ1) is 26.2. The number of nitrogens with one attached hydrogen (secondary N) is 2. The first-order valence-electron chi connectivity index (χ1n) is 12.4. The Kier molecular flexibility index (Phi) is 8.11. The standard InChI is InChI=1S/C29H33N3O5/c1-4-24-23(28(34)35)12-13-27(32-24)37-21-10-8-19(9-11-21)16-29(2,3)31-17-20(33)18-36-26-7-5-6-25-22(26)14-15-30-25/h5-15,20,30-31,33H,4,16-18H2,1-3H3,(H,34,35). The Morgan fingerprint density at radius 2 is 1.89 bits per heavy atom. The molecule has 1 atom stereocenters. The molecule has 0 bridgehead atoms. The molecule has 0 aliphatic rings. The Morgan fingerprint density at radius 1 is 1.11 bits per heavy atom. The largest absolute Gasteiger partial charge is 0.490 e. The van der Waals surface area contributed by atoms with E-state index >= 15 is 0 Å². The summed E-state index contributed by atoms with van der Waals surface area (Å²) in [6, 6.07) is 18.6. The lowest BCUT2D eigenvalue weighted by molar-refractivity contribution is 0.0695. The Bertz CT molecular complexity index is 1350. The molecule has 1 unspecified atom stereocenters. The lowest BCUT2D eigenvalue weighted by Crippen LogP contribution is -2.46. The van der Waals surface area contributed by atoms with Gasteiger partial charge >= 0.3 is 5.97 Å². The molecule has 8 heteroatoms. The number of aliphatic hydroxyl groups is 1. The topological polar surface area (TPSA) is 117 Å². The summed E-state index contributed by atoms with van der Waals surface area (Å²) in [5.74, 6) is 0.738. The van der Waals surface area contributed by atoms with Crippen LogP contribution in [0.25, 0.3) is 10.9 Å². The quantitative estimate of drug-likeness (QED) is 0.216. The van der Waals surface area contributed by atoms with Gasteiger partial charge in [0.1, 0.15) is 24.2 Å². The zero-order valence-electron chi connectivity index (χ0n) is 21.3. The maximum Gasteiger partial charge on any atom is 0.337 e. The highest BCUT2D eigenvalue weighted by Crippen LogP contribution is 2.25. The van der Waals surface area contributed by atoms with Crippen LogP contribution in [0.15, 0.2) is 66.9 Å². The number of aromatic nitrogens is 2. The van der Waals surface area contributed by atoms with Gasteiger partial charge in [0.25, 0.3) is 0 Å². The monoisotopic (exact) mass is 503 g/mol. The van der Waals surface area contributed by atoms with E-state index < -0.39 is 12.1 Å². The molecule has 0 aliphatic heterocycles. The molecule has 0 spiro atoms. The van der Waals surface area contributed by atoms with E-state index in [-0.39, 0.29) is 17.7 Å². The lowest BCUT2D eigenvalue weighted by Gasteiger charge is -2.28. The van der Waals surface area contributed by atoms with Gasteiger partial charge in [-0.2, -0.15) is 0 Å². The number of fused-ring (bicyclic) bond motifs is 1. The molecule has 0 saturated heterocycles. The number of aryl methyl sites for hydroxylation is 1. The Morgan fingerprint density at radius 3 is 2.62 bits per heavy atom. The molecule has 0 radical (unpaired) electrons. The number of ether oxygens (including phenoxy) is 2. The van der Waals surface area contributed by atoms with Crippen molar-refractivity contribution in [1.29, 1.82) is 0 Å². The summed E-state index contributed by atoms with van der Waals surface area (Å²) in [6.07, 6.45) is 2.46. The maximum absolute atomic E-state index is 11.3. The van der Waals surface area contributed by atoms with Crippen LogP contribution < -0.4 is 14.8 Å². The zero-order chi connectivity index (χ0) is 26.4. The van der Waals surface area contributed by atoms with Gasteiger partial charge in [-0.05, 0) is 68.7 Å². The number of aromatic amines is 1. The number of carboxylic acids is 1. The summed E-state index contributed by atoms with van der Waals surface area (Å²) in [5, 5.41) is 24.2. The number of carbonyl (C=O) groups is 1. The van der Waals surface area contributed by atoms with Crippen LogP contribution in [0, 0.1) is 0 Å². The third-order valence-electron chi connectivity index (χ3n) is 6.11. The van der Waals surface area contributed by atoms with Crippen molar-refractivity contribution >= 4 is 16.9 Å². The van der Waals surface area contributed by atoms with E-state index in [1.807, 2.05) is 61.7 Å². The maximum atomic E-state index is 11.3. The SMILES string of the molecule is CCc1nc(Oc2ccc(CC(C)(C)NCC(O)COc3cccc4[nH]ccc34)cc2)ccc1C(=O)O. The molecule has 4 aromatic rings. The van der Waals surface area contributed by atoms with E-state index in [9.17, 15) is 15.0 Å². The normalized spacial score (nSPS) is 12.4. The molecule has 8 nitrogen and oxygen atoms in total. The van der Waals surface area contributed by atoms with Crippen LogP contribution in [0.4, 0.5) is 0 Å². The molecule has 4 rings (SSSR count). The number of pyridine rings is 1. The van der Waals surface area contributed by atoms with E-state index in [1.165, 1.54) is 6.07 Å². The van der Waals surface area contributed by atoms with Crippen molar-refractivity contribution in [2.24, 2.45) is 0 Å². The predicted octanol–water partition coefficient (Wildman–Crippen LogP) is 4.97. The second-order valence-corrected chi connectivity index (χ2v) is 9.65. The average molecular weight is 504 g/mol. The number of nitrogens with zero attached hydrogens (tertiary/aromatic N) is 1. The summed E-state index contributed by atoms with van der Waals surface area (Å²) in [6.45, 7) is 6.63. The molecule has 0 fully saturated rings. The number of benzene rings is 2. The molecule has 2 heterocycles. The van der Waals surface area contributed by atoms with Crippen LogP contribution in [0.3, 0.4) is 0 Å². The number of aromatic carboxylic acids is 1. The Balaban J connectivity index is 1.27. The van der Waals surface area contributed by atoms with Gasteiger partial charge in [-0.15, -0.1) is 0 Å². The van der Waals surface area contributed by atoms with E-state index in [0.29, 0.717) is 30.3 Å². The number of hydrogen-bond acceptors (Lipinski definition) is 6. The molecule has 2 aromatic carbocycles. The number of H-pyrrole nitrogens is 1. The van der Waals surface area contributed by atoms with Gasteiger partial charge in [-0.25, -0.2) is 9.78 Å². The van der Waals surface area contributed by atoms with E-state index in [2.05, 4.69) is 29.1 Å². The molecular weight excluding hydrogens is 470 g/mol. The summed E-state index contributed by atoms with van der Waals surface area (Å²) in [7, 11) is 0. The van der Waals surface area contributed by atoms with Gasteiger partial charge in [-0.3, -0.25) is 0 Å². The number of rotatable bonds is 12. The van der Waals surface area contributed by atoms with Crippen molar-refractivity contribution in [3.05, 3.63) is 83.7 Å². The van der Waals surface area contributed by atoms with Crippen LogP contribution in [-0.4, -0.2) is 50.9 Å². The van der Waals surface area contributed by atoms with Crippen molar-refractivity contribution in [1.82, 2.24) is 15.3 Å². The minimum absolute atomic E-state index is 0.189. The number of carboxylic acid groups (broad SMARTS) is 1. The number of β-amino-alcohol motifs (C(OH)–C–C–N with tert-alkyl or cyclic N) is 1.